The van der Waals surface area contributed by atoms with Gasteiger partial charge in [0.25, 0.3) is 5.91 Å². The van der Waals surface area contributed by atoms with Crippen molar-refractivity contribution in [2.45, 2.75) is 38.9 Å². The lowest BCUT2D eigenvalue weighted by Gasteiger charge is -2.26. The summed E-state index contributed by atoms with van der Waals surface area (Å²) in [5.74, 6) is -0.173. The monoisotopic (exact) mass is 356 g/mol. The Morgan fingerprint density at radius 3 is 2.60 bits per heavy atom. The molecule has 2 aromatic rings. The maximum Gasteiger partial charge on any atom is 0.255 e. The number of hydrogen-bond donors (Lipinski definition) is 1. The molecular weight excluding hydrogens is 336 g/mol. The highest BCUT2D eigenvalue weighted by Gasteiger charge is 2.35. The van der Waals surface area contributed by atoms with Crippen LogP contribution in [0.25, 0.3) is 0 Å². The fourth-order valence-corrected chi connectivity index (χ4v) is 3.27. The van der Waals surface area contributed by atoms with Crippen molar-refractivity contribution in [2.24, 2.45) is 0 Å². The number of amides is 2. The van der Waals surface area contributed by atoms with Crippen LogP contribution in [-0.2, 0) is 17.9 Å². The van der Waals surface area contributed by atoms with E-state index in [1.807, 2.05) is 43.3 Å². The number of carbonyl (C=O) groups is 2. The second-order valence-electron chi connectivity index (χ2n) is 6.24. The van der Waals surface area contributed by atoms with Crippen LogP contribution in [0.5, 0.6) is 0 Å². The highest BCUT2D eigenvalue weighted by molar-refractivity contribution is 6.30. The minimum Gasteiger partial charge on any atom is -0.350 e. The molecule has 1 aliphatic rings. The molecule has 1 unspecified atom stereocenters. The molecule has 0 aromatic heterocycles. The van der Waals surface area contributed by atoms with E-state index >= 15 is 0 Å². The molecule has 25 heavy (non-hydrogen) atoms. The molecule has 4 nitrogen and oxygen atoms in total. The average Bonchev–Trinajstić information content (AvgIpc) is 2.96. The van der Waals surface area contributed by atoms with Gasteiger partial charge >= 0.3 is 0 Å². The van der Waals surface area contributed by atoms with Gasteiger partial charge in [-0.15, -0.1) is 0 Å². The smallest absolute Gasteiger partial charge is 0.255 e. The average molecular weight is 357 g/mol. The summed E-state index contributed by atoms with van der Waals surface area (Å²) in [5.41, 5.74) is 2.66. The van der Waals surface area contributed by atoms with Crippen LogP contribution in [0.15, 0.2) is 48.5 Å². The molecule has 1 heterocycles. The van der Waals surface area contributed by atoms with Gasteiger partial charge in [-0.2, -0.15) is 0 Å². The third-order valence-corrected chi connectivity index (χ3v) is 4.72. The van der Waals surface area contributed by atoms with Gasteiger partial charge in [0, 0.05) is 23.7 Å². The summed E-state index contributed by atoms with van der Waals surface area (Å²) in [5, 5.41) is 3.62. The Morgan fingerprint density at radius 1 is 1.20 bits per heavy atom. The number of halogens is 1. The van der Waals surface area contributed by atoms with Crippen molar-refractivity contribution in [2.75, 3.05) is 0 Å². The first-order chi connectivity index (χ1) is 12.1. The number of fused-ring (bicyclic) bond motifs is 1. The third kappa shape index (κ3) is 3.85. The number of hydrogen-bond acceptors (Lipinski definition) is 2. The van der Waals surface area contributed by atoms with E-state index in [1.54, 1.807) is 17.0 Å². The summed E-state index contributed by atoms with van der Waals surface area (Å²) < 4.78 is 0. The van der Waals surface area contributed by atoms with E-state index in [1.165, 1.54) is 0 Å². The van der Waals surface area contributed by atoms with Crippen LogP contribution >= 0.6 is 11.6 Å². The lowest BCUT2D eigenvalue weighted by atomic mass is 10.1. The van der Waals surface area contributed by atoms with Crippen LogP contribution in [0.1, 0.15) is 41.3 Å². The molecule has 0 bridgehead atoms. The van der Waals surface area contributed by atoms with Gasteiger partial charge in [0.05, 0.1) is 0 Å². The maximum atomic E-state index is 12.7. The van der Waals surface area contributed by atoms with Crippen LogP contribution < -0.4 is 5.32 Å². The SMILES string of the molecule is CCCC(C(=O)NCc1ccc(Cl)cc1)N1Cc2ccccc2C1=O. The van der Waals surface area contributed by atoms with Crippen molar-refractivity contribution >= 4 is 23.4 Å². The standard InChI is InChI=1S/C20H21ClN2O2/c1-2-5-18(19(24)22-12-14-8-10-16(21)11-9-14)23-13-15-6-3-4-7-17(15)20(23)25/h3-4,6-11,18H,2,5,12-13H2,1H3,(H,22,24). The Labute approximate surface area is 152 Å². The second kappa shape index (κ2) is 7.70. The van der Waals surface area contributed by atoms with E-state index in [0.717, 1.165) is 17.5 Å². The first-order valence-corrected chi connectivity index (χ1v) is 8.89. The van der Waals surface area contributed by atoms with Crippen LogP contribution in [0.4, 0.5) is 0 Å². The molecule has 0 saturated heterocycles. The largest absolute Gasteiger partial charge is 0.350 e. The van der Waals surface area contributed by atoms with E-state index in [0.29, 0.717) is 30.1 Å². The minimum absolute atomic E-state index is 0.0595. The fraction of sp³-hybridized carbons (Fsp3) is 0.300. The van der Waals surface area contributed by atoms with E-state index < -0.39 is 6.04 Å². The van der Waals surface area contributed by atoms with Gasteiger partial charge in [-0.05, 0) is 35.7 Å². The lowest BCUT2D eigenvalue weighted by molar-refractivity contribution is -0.126. The number of benzene rings is 2. The predicted molar refractivity (Wildman–Crippen MR) is 98.3 cm³/mol. The molecule has 2 aromatic carbocycles. The zero-order valence-corrected chi connectivity index (χ0v) is 14.9. The highest BCUT2D eigenvalue weighted by Crippen LogP contribution is 2.26. The zero-order chi connectivity index (χ0) is 17.8. The van der Waals surface area contributed by atoms with Crippen LogP contribution in [0.3, 0.4) is 0 Å². The lowest BCUT2D eigenvalue weighted by Crippen LogP contribution is -2.46. The van der Waals surface area contributed by atoms with Gasteiger partial charge in [-0.1, -0.05) is 55.3 Å². The minimum atomic E-state index is -0.447. The normalized spacial score (nSPS) is 14.3. The molecule has 0 saturated carbocycles. The van der Waals surface area contributed by atoms with Crippen LogP contribution in [0, 0.1) is 0 Å². The van der Waals surface area contributed by atoms with Crippen molar-refractivity contribution in [1.82, 2.24) is 10.2 Å². The molecule has 1 aliphatic heterocycles. The van der Waals surface area contributed by atoms with Gasteiger partial charge in [-0.3, -0.25) is 9.59 Å². The molecule has 130 valence electrons. The Balaban J connectivity index is 1.69. The molecule has 2 amide bonds. The molecule has 0 aliphatic carbocycles. The number of carbonyl (C=O) groups excluding carboxylic acids is 2. The third-order valence-electron chi connectivity index (χ3n) is 4.47. The number of rotatable bonds is 6. The predicted octanol–water partition coefficient (Wildman–Crippen LogP) is 3.78. The Bertz CT molecular complexity index is 774. The molecule has 1 atom stereocenters. The van der Waals surface area contributed by atoms with Crippen molar-refractivity contribution in [3.8, 4) is 0 Å². The Morgan fingerprint density at radius 2 is 1.92 bits per heavy atom. The van der Waals surface area contributed by atoms with Gasteiger partial charge in [0.15, 0.2) is 0 Å². The number of nitrogens with zero attached hydrogens (tertiary/aromatic N) is 1. The molecule has 0 spiro atoms. The first-order valence-electron chi connectivity index (χ1n) is 8.51. The highest BCUT2D eigenvalue weighted by atomic mass is 35.5. The van der Waals surface area contributed by atoms with Gasteiger partial charge in [0.2, 0.25) is 5.91 Å². The summed E-state index contributed by atoms with van der Waals surface area (Å²) in [7, 11) is 0. The van der Waals surface area contributed by atoms with Gasteiger partial charge in [-0.25, -0.2) is 0 Å². The van der Waals surface area contributed by atoms with E-state index in [9.17, 15) is 9.59 Å². The van der Waals surface area contributed by atoms with Crippen LogP contribution in [0.2, 0.25) is 5.02 Å². The van der Waals surface area contributed by atoms with Crippen molar-refractivity contribution in [3.63, 3.8) is 0 Å². The van der Waals surface area contributed by atoms with Gasteiger partial charge < -0.3 is 10.2 Å². The number of nitrogens with one attached hydrogen (secondary N) is 1. The first kappa shape index (κ1) is 17.5. The summed E-state index contributed by atoms with van der Waals surface area (Å²) >= 11 is 5.88. The Kier molecular flexibility index (Phi) is 5.39. The van der Waals surface area contributed by atoms with Crippen LogP contribution in [-0.4, -0.2) is 22.8 Å². The van der Waals surface area contributed by atoms with Crippen molar-refractivity contribution in [3.05, 3.63) is 70.2 Å². The molecule has 3 rings (SSSR count). The topological polar surface area (TPSA) is 49.4 Å². The Hall–Kier alpha value is -2.33. The molecular formula is C20H21ClN2O2. The van der Waals surface area contributed by atoms with Crippen molar-refractivity contribution < 1.29 is 9.59 Å². The fourth-order valence-electron chi connectivity index (χ4n) is 3.14. The summed E-state index contributed by atoms with van der Waals surface area (Å²) in [4.78, 5) is 27.1. The maximum absolute atomic E-state index is 12.7. The van der Waals surface area contributed by atoms with E-state index in [2.05, 4.69) is 5.32 Å². The summed E-state index contributed by atoms with van der Waals surface area (Å²) in [6.45, 7) is 2.94. The second-order valence-corrected chi connectivity index (χ2v) is 6.68. The molecule has 5 heteroatoms. The van der Waals surface area contributed by atoms with E-state index in [4.69, 9.17) is 11.6 Å². The zero-order valence-electron chi connectivity index (χ0n) is 14.2. The molecule has 0 radical (unpaired) electrons. The quantitative estimate of drug-likeness (QED) is 0.856. The summed E-state index contributed by atoms with van der Waals surface area (Å²) in [6, 6.07) is 14.5. The van der Waals surface area contributed by atoms with Crippen molar-refractivity contribution in [1.29, 1.82) is 0 Å². The molecule has 0 fully saturated rings. The van der Waals surface area contributed by atoms with Gasteiger partial charge in [0.1, 0.15) is 6.04 Å². The van der Waals surface area contributed by atoms with E-state index in [-0.39, 0.29) is 11.8 Å². The molecule has 1 N–H and O–H groups in total. The summed E-state index contributed by atoms with van der Waals surface area (Å²) in [6.07, 6.45) is 1.48.